The molecule has 0 spiro atoms. The Labute approximate surface area is 224 Å². The van der Waals surface area contributed by atoms with Gasteiger partial charge in [0.25, 0.3) is 0 Å². The fourth-order valence-electron chi connectivity index (χ4n) is 4.55. The topological polar surface area (TPSA) is 77.0 Å². The molecule has 39 heavy (non-hydrogen) atoms. The van der Waals surface area contributed by atoms with Crippen LogP contribution in [0.25, 0.3) is 6.08 Å². The van der Waals surface area contributed by atoms with Crippen LogP contribution in [-0.4, -0.2) is 58.1 Å². The van der Waals surface area contributed by atoms with Gasteiger partial charge in [0, 0.05) is 56.5 Å². The summed E-state index contributed by atoms with van der Waals surface area (Å²) in [6, 6.07) is 15.7. The van der Waals surface area contributed by atoms with E-state index in [0.717, 1.165) is 29.1 Å². The summed E-state index contributed by atoms with van der Waals surface area (Å²) < 4.78 is 38.6. The molecule has 1 aliphatic heterocycles. The molecule has 0 aliphatic carbocycles. The summed E-state index contributed by atoms with van der Waals surface area (Å²) in [5.41, 5.74) is 2.47. The smallest absolute Gasteiger partial charge is 0.416 e. The largest absolute Gasteiger partial charge is 0.465 e. The molecule has 0 radical (unpaired) electrons. The van der Waals surface area contributed by atoms with Crippen molar-refractivity contribution in [1.82, 2.24) is 14.8 Å². The Hall–Kier alpha value is -4.34. The molecular weight excluding hydrogens is 509 g/mol. The lowest BCUT2D eigenvalue weighted by Crippen LogP contribution is -2.50. The molecule has 204 valence electrons. The van der Waals surface area contributed by atoms with E-state index in [9.17, 15) is 27.9 Å². The van der Waals surface area contributed by atoms with Crippen molar-refractivity contribution in [3.8, 4) is 0 Å². The van der Waals surface area contributed by atoms with Crippen molar-refractivity contribution in [1.29, 1.82) is 0 Å². The van der Waals surface area contributed by atoms with Crippen LogP contribution in [0.2, 0.25) is 0 Å². The minimum Gasteiger partial charge on any atom is -0.465 e. The number of halogens is 3. The maximum atomic E-state index is 13.4. The summed E-state index contributed by atoms with van der Waals surface area (Å²) in [7, 11) is 1.94. The monoisotopic (exact) mass is 538 g/mol. The summed E-state index contributed by atoms with van der Waals surface area (Å²) in [6.45, 7) is 0.858. The van der Waals surface area contributed by atoms with Crippen LogP contribution in [0.1, 0.15) is 29.5 Å². The number of piperidine rings is 1. The molecule has 1 aliphatic rings. The number of alkyl halides is 3. The average Bonchev–Trinajstić information content (AvgIpc) is 2.95. The van der Waals surface area contributed by atoms with Crippen molar-refractivity contribution >= 4 is 29.5 Å². The van der Waals surface area contributed by atoms with Crippen molar-refractivity contribution < 1.29 is 27.9 Å². The zero-order chi connectivity index (χ0) is 28.0. The van der Waals surface area contributed by atoms with E-state index in [0.29, 0.717) is 24.9 Å². The number of benzene rings is 2. The van der Waals surface area contributed by atoms with E-state index in [1.165, 1.54) is 29.2 Å². The van der Waals surface area contributed by atoms with Gasteiger partial charge in [0.15, 0.2) is 0 Å². The average molecular weight is 539 g/mol. The molecule has 2 amide bonds. The van der Waals surface area contributed by atoms with Crippen molar-refractivity contribution in [3.05, 3.63) is 95.8 Å². The zero-order valence-corrected chi connectivity index (χ0v) is 21.4. The highest BCUT2D eigenvalue weighted by atomic mass is 19.4. The van der Waals surface area contributed by atoms with Gasteiger partial charge in [0.1, 0.15) is 0 Å². The van der Waals surface area contributed by atoms with Crippen molar-refractivity contribution in [2.24, 2.45) is 0 Å². The van der Waals surface area contributed by atoms with Gasteiger partial charge in [-0.1, -0.05) is 24.3 Å². The molecule has 3 aromatic rings. The molecule has 2 aromatic carbocycles. The van der Waals surface area contributed by atoms with E-state index < -0.39 is 17.8 Å². The number of rotatable bonds is 7. The molecule has 1 atom stereocenters. The maximum absolute atomic E-state index is 13.4. The third-order valence-electron chi connectivity index (χ3n) is 6.77. The predicted molar refractivity (Wildman–Crippen MR) is 142 cm³/mol. The van der Waals surface area contributed by atoms with Crippen LogP contribution in [0.5, 0.6) is 0 Å². The van der Waals surface area contributed by atoms with Crippen molar-refractivity contribution in [3.63, 3.8) is 0 Å². The van der Waals surface area contributed by atoms with Gasteiger partial charge >= 0.3 is 12.3 Å². The molecule has 0 saturated carbocycles. The second kappa shape index (κ2) is 12.0. The lowest BCUT2D eigenvalue weighted by atomic mass is 10.0. The van der Waals surface area contributed by atoms with E-state index in [1.54, 1.807) is 17.3 Å². The third kappa shape index (κ3) is 7.16. The Balaban J connectivity index is 1.53. The zero-order valence-electron chi connectivity index (χ0n) is 21.4. The summed E-state index contributed by atoms with van der Waals surface area (Å²) >= 11 is 0. The van der Waals surface area contributed by atoms with Gasteiger partial charge in [-0.15, -0.1) is 0 Å². The second-order valence-electron chi connectivity index (χ2n) is 9.37. The number of carbonyl (C=O) groups excluding carboxylic acids is 1. The minimum atomic E-state index is -4.44. The Morgan fingerprint density at radius 2 is 1.67 bits per heavy atom. The number of hydrogen-bond acceptors (Lipinski definition) is 4. The van der Waals surface area contributed by atoms with E-state index in [-0.39, 0.29) is 25.0 Å². The van der Waals surface area contributed by atoms with E-state index in [2.05, 4.69) is 4.98 Å². The number of hydrogen-bond donors (Lipinski definition) is 1. The Morgan fingerprint density at radius 1 is 1.03 bits per heavy atom. The number of carbonyl (C=O) groups is 2. The van der Waals surface area contributed by atoms with Crippen LogP contribution in [-0.2, 0) is 17.5 Å². The first kappa shape index (κ1) is 27.7. The van der Waals surface area contributed by atoms with E-state index in [4.69, 9.17) is 0 Å². The molecule has 1 saturated heterocycles. The standard InChI is InChI=1S/C29H29F3N4O3/c1-34(25-14-16-33-17-15-25)24-11-6-22(7-12-24)19-36(26-3-2-18-35(20-26)28(38)39)27(37)13-8-21-4-9-23(10-5-21)29(30,31)32/h4-17,26H,2-3,18-20H2,1H3,(H,38,39)/b13-8+/t26-/m1/s1. The number of nitrogens with zero attached hydrogens (tertiary/aromatic N) is 4. The number of aromatic nitrogens is 1. The minimum absolute atomic E-state index is 0.193. The van der Waals surface area contributed by atoms with Gasteiger partial charge in [0.2, 0.25) is 5.91 Å². The predicted octanol–water partition coefficient (Wildman–Crippen LogP) is 6.05. The molecule has 1 N–H and O–H groups in total. The second-order valence-corrected chi connectivity index (χ2v) is 9.37. The molecule has 1 fully saturated rings. The molecule has 0 unspecified atom stereocenters. The van der Waals surface area contributed by atoms with Gasteiger partial charge in [0.05, 0.1) is 11.6 Å². The number of amides is 2. The molecule has 4 rings (SSSR count). The molecule has 2 heterocycles. The summed E-state index contributed by atoms with van der Waals surface area (Å²) in [5.74, 6) is -0.342. The lowest BCUT2D eigenvalue weighted by Gasteiger charge is -2.38. The highest BCUT2D eigenvalue weighted by molar-refractivity contribution is 5.92. The number of pyridine rings is 1. The number of likely N-dealkylation sites (tertiary alicyclic amines) is 1. The van der Waals surface area contributed by atoms with Gasteiger partial charge in [-0.2, -0.15) is 13.2 Å². The van der Waals surface area contributed by atoms with E-state index in [1.807, 2.05) is 48.3 Å². The highest BCUT2D eigenvalue weighted by Gasteiger charge is 2.31. The first-order chi connectivity index (χ1) is 18.6. The third-order valence-corrected chi connectivity index (χ3v) is 6.77. The summed E-state index contributed by atoms with van der Waals surface area (Å²) in [5, 5.41) is 9.49. The Kier molecular flexibility index (Phi) is 8.53. The van der Waals surface area contributed by atoms with E-state index >= 15 is 0 Å². The lowest BCUT2D eigenvalue weighted by molar-refractivity contribution is -0.137. The fraction of sp³-hybridized carbons (Fsp3) is 0.276. The molecule has 7 nitrogen and oxygen atoms in total. The van der Waals surface area contributed by atoms with Crippen molar-refractivity contribution in [2.75, 3.05) is 25.0 Å². The summed E-state index contributed by atoms with van der Waals surface area (Å²) in [4.78, 5) is 33.9. The van der Waals surface area contributed by atoms with Crippen LogP contribution >= 0.6 is 0 Å². The van der Waals surface area contributed by atoms with Crippen LogP contribution < -0.4 is 4.90 Å². The molecule has 10 heteroatoms. The maximum Gasteiger partial charge on any atom is 0.416 e. The van der Waals surface area contributed by atoms with Crippen LogP contribution in [0.4, 0.5) is 29.3 Å². The van der Waals surface area contributed by atoms with Gasteiger partial charge < -0.3 is 19.8 Å². The fourth-order valence-corrected chi connectivity index (χ4v) is 4.55. The Bertz CT molecular complexity index is 1300. The van der Waals surface area contributed by atoms with Gasteiger partial charge in [-0.25, -0.2) is 4.79 Å². The molecular formula is C29H29F3N4O3. The number of anilines is 2. The quantitative estimate of drug-likeness (QED) is 0.371. The normalized spacial score (nSPS) is 15.8. The molecule has 1 aromatic heterocycles. The van der Waals surface area contributed by atoms with Crippen LogP contribution in [0, 0.1) is 0 Å². The van der Waals surface area contributed by atoms with Gasteiger partial charge in [-0.3, -0.25) is 9.78 Å². The van der Waals surface area contributed by atoms with Crippen molar-refractivity contribution in [2.45, 2.75) is 31.6 Å². The first-order valence-electron chi connectivity index (χ1n) is 12.5. The first-order valence-corrected chi connectivity index (χ1v) is 12.5. The summed E-state index contributed by atoms with van der Waals surface area (Å²) in [6.07, 6.45) is 2.03. The Morgan fingerprint density at radius 3 is 2.28 bits per heavy atom. The number of carboxylic acid groups (broad SMARTS) is 1. The van der Waals surface area contributed by atoms with Gasteiger partial charge in [-0.05, 0) is 66.4 Å². The highest BCUT2D eigenvalue weighted by Crippen LogP contribution is 2.29. The SMILES string of the molecule is CN(c1ccncc1)c1ccc(CN(C(=O)/C=C/c2ccc(C(F)(F)F)cc2)[C@@H]2CCCN(C(=O)O)C2)cc1. The molecule has 0 bridgehead atoms. The van der Waals surface area contributed by atoms with Crippen LogP contribution in [0.3, 0.4) is 0 Å². The van der Waals surface area contributed by atoms with Crippen LogP contribution in [0.15, 0.2) is 79.1 Å².